The molecule has 96 valence electrons. The van der Waals surface area contributed by atoms with Gasteiger partial charge in [0.2, 0.25) is 0 Å². The molecule has 0 aromatic carbocycles. The third kappa shape index (κ3) is 4.04. The standard InChI is InChI=1S/C12H19ClN2O2/c1-8-11(13)9(2)15(14-8)7-6-10(16)17-12(3,4)5/h6-7H2,1-5H3. The highest BCUT2D eigenvalue weighted by atomic mass is 35.5. The average molecular weight is 259 g/mol. The van der Waals surface area contributed by atoms with Gasteiger partial charge < -0.3 is 4.74 Å². The fourth-order valence-corrected chi connectivity index (χ4v) is 1.62. The van der Waals surface area contributed by atoms with Crippen LogP contribution in [-0.4, -0.2) is 21.4 Å². The van der Waals surface area contributed by atoms with Crippen LogP contribution in [0.25, 0.3) is 0 Å². The number of esters is 1. The first-order chi connectivity index (χ1) is 7.70. The van der Waals surface area contributed by atoms with Crippen molar-refractivity contribution in [2.75, 3.05) is 0 Å². The van der Waals surface area contributed by atoms with Crippen LogP contribution in [-0.2, 0) is 16.1 Å². The molecule has 0 unspecified atom stereocenters. The second kappa shape index (κ2) is 5.08. The Hall–Kier alpha value is -1.03. The van der Waals surface area contributed by atoms with Crippen LogP contribution >= 0.6 is 11.6 Å². The van der Waals surface area contributed by atoms with Crippen molar-refractivity contribution in [1.29, 1.82) is 0 Å². The van der Waals surface area contributed by atoms with Gasteiger partial charge in [-0.15, -0.1) is 0 Å². The third-order valence-corrected chi connectivity index (χ3v) is 2.79. The molecule has 0 N–H and O–H groups in total. The fraction of sp³-hybridized carbons (Fsp3) is 0.667. The topological polar surface area (TPSA) is 44.1 Å². The molecule has 0 saturated carbocycles. The highest BCUT2D eigenvalue weighted by Gasteiger charge is 2.17. The summed E-state index contributed by atoms with van der Waals surface area (Å²) in [6, 6.07) is 0. The maximum absolute atomic E-state index is 11.5. The van der Waals surface area contributed by atoms with E-state index in [0.717, 1.165) is 11.4 Å². The van der Waals surface area contributed by atoms with Gasteiger partial charge in [0, 0.05) is 0 Å². The van der Waals surface area contributed by atoms with E-state index in [4.69, 9.17) is 16.3 Å². The Morgan fingerprint density at radius 2 is 2.00 bits per heavy atom. The minimum atomic E-state index is -0.441. The lowest BCUT2D eigenvalue weighted by molar-refractivity contribution is -0.155. The molecule has 0 atom stereocenters. The van der Waals surface area contributed by atoms with Crippen LogP contribution in [0.1, 0.15) is 38.6 Å². The van der Waals surface area contributed by atoms with Crippen LogP contribution in [0.3, 0.4) is 0 Å². The summed E-state index contributed by atoms with van der Waals surface area (Å²) in [4.78, 5) is 11.5. The maximum atomic E-state index is 11.5. The Kier molecular flexibility index (Phi) is 4.20. The van der Waals surface area contributed by atoms with Crippen LogP contribution in [0.2, 0.25) is 5.02 Å². The van der Waals surface area contributed by atoms with E-state index in [2.05, 4.69) is 5.10 Å². The lowest BCUT2D eigenvalue weighted by atomic mass is 10.2. The molecular formula is C12H19ClN2O2. The molecule has 0 amide bonds. The summed E-state index contributed by atoms with van der Waals surface area (Å²) in [6.07, 6.45) is 0.301. The normalized spacial score (nSPS) is 11.6. The fourth-order valence-electron chi connectivity index (χ4n) is 1.48. The van der Waals surface area contributed by atoms with Crippen molar-refractivity contribution in [2.24, 2.45) is 0 Å². The van der Waals surface area contributed by atoms with E-state index >= 15 is 0 Å². The lowest BCUT2D eigenvalue weighted by Crippen LogP contribution is -2.24. The molecule has 0 saturated heterocycles. The van der Waals surface area contributed by atoms with Crippen LogP contribution < -0.4 is 0 Å². The Morgan fingerprint density at radius 1 is 1.41 bits per heavy atom. The Bertz CT molecular complexity index is 419. The molecule has 1 rings (SSSR count). The predicted molar refractivity (Wildman–Crippen MR) is 67.2 cm³/mol. The molecule has 1 heterocycles. The second-order valence-electron chi connectivity index (χ2n) is 5.04. The first-order valence-corrected chi connectivity index (χ1v) is 6.00. The Balaban J connectivity index is 2.56. The molecule has 0 spiro atoms. The highest BCUT2D eigenvalue weighted by molar-refractivity contribution is 6.31. The summed E-state index contributed by atoms with van der Waals surface area (Å²) in [7, 11) is 0. The number of halogens is 1. The van der Waals surface area contributed by atoms with Crippen molar-refractivity contribution >= 4 is 17.6 Å². The highest BCUT2D eigenvalue weighted by Crippen LogP contribution is 2.19. The molecule has 0 radical (unpaired) electrons. The first-order valence-electron chi connectivity index (χ1n) is 5.62. The Morgan fingerprint density at radius 3 is 2.41 bits per heavy atom. The molecule has 0 aliphatic heterocycles. The number of hydrogen-bond acceptors (Lipinski definition) is 3. The number of carbonyl (C=O) groups is 1. The van der Waals surface area contributed by atoms with Crippen LogP contribution in [0.15, 0.2) is 0 Å². The predicted octanol–water partition coefficient (Wildman–Crippen LogP) is 2.89. The number of nitrogens with zero attached hydrogens (tertiary/aromatic N) is 2. The molecule has 0 bridgehead atoms. The van der Waals surface area contributed by atoms with Crippen LogP contribution in [0.5, 0.6) is 0 Å². The molecule has 1 aromatic rings. The SMILES string of the molecule is Cc1nn(CCC(=O)OC(C)(C)C)c(C)c1Cl. The van der Waals surface area contributed by atoms with Crippen molar-refractivity contribution in [3.8, 4) is 0 Å². The van der Waals surface area contributed by atoms with Crippen LogP contribution in [0.4, 0.5) is 0 Å². The number of carbonyl (C=O) groups excluding carboxylic acids is 1. The van der Waals surface area contributed by atoms with Gasteiger partial charge in [-0.25, -0.2) is 0 Å². The van der Waals surface area contributed by atoms with Gasteiger partial charge in [0.1, 0.15) is 5.60 Å². The van der Waals surface area contributed by atoms with Gasteiger partial charge in [-0.05, 0) is 34.6 Å². The molecule has 17 heavy (non-hydrogen) atoms. The van der Waals surface area contributed by atoms with E-state index in [9.17, 15) is 4.79 Å². The smallest absolute Gasteiger partial charge is 0.308 e. The summed E-state index contributed by atoms with van der Waals surface area (Å²) >= 11 is 6.02. The van der Waals surface area contributed by atoms with E-state index in [1.807, 2.05) is 34.6 Å². The molecule has 0 aliphatic carbocycles. The van der Waals surface area contributed by atoms with E-state index in [0.29, 0.717) is 18.0 Å². The number of hydrogen-bond donors (Lipinski definition) is 0. The lowest BCUT2D eigenvalue weighted by Gasteiger charge is -2.19. The summed E-state index contributed by atoms with van der Waals surface area (Å²) in [5, 5.41) is 4.92. The zero-order valence-corrected chi connectivity index (χ0v) is 11.8. The zero-order valence-electron chi connectivity index (χ0n) is 11.0. The van der Waals surface area contributed by atoms with E-state index < -0.39 is 5.60 Å². The minimum Gasteiger partial charge on any atom is -0.460 e. The first kappa shape index (κ1) is 14.0. The van der Waals surface area contributed by atoms with Crippen molar-refractivity contribution in [1.82, 2.24) is 9.78 Å². The van der Waals surface area contributed by atoms with Crippen molar-refractivity contribution in [2.45, 2.75) is 53.2 Å². The Labute approximate surface area is 107 Å². The number of aryl methyl sites for hydroxylation is 2. The number of rotatable bonds is 3. The average Bonchev–Trinajstić information content (AvgIpc) is 2.40. The van der Waals surface area contributed by atoms with Gasteiger partial charge in [0.25, 0.3) is 0 Å². The minimum absolute atomic E-state index is 0.221. The summed E-state index contributed by atoms with van der Waals surface area (Å²) in [5.74, 6) is -0.221. The van der Waals surface area contributed by atoms with Gasteiger partial charge in [-0.1, -0.05) is 11.6 Å². The van der Waals surface area contributed by atoms with Gasteiger partial charge in [-0.3, -0.25) is 9.48 Å². The molecule has 0 fully saturated rings. The van der Waals surface area contributed by atoms with Crippen LogP contribution in [0, 0.1) is 13.8 Å². The monoisotopic (exact) mass is 258 g/mol. The number of ether oxygens (including phenoxy) is 1. The maximum Gasteiger partial charge on any atom is 0.308 e. The summed E-state index contributed by atoms with van der Waals surface area (Å²) in [5.41, 5.74) is 1.23. The molecule has 1 aromatic heterocycles. The van der Waals surface area contributed by atoms with Gasteiger partial charge >= 0.3 is 5.97 Å². The third-order valence-electron chi connectivity index (χ3n) is 2.24. The van der Waals surface area contributed by atoms with E-state index in [1.54, 1.807) is 4.68 Å². The van der Waals surface area contributed by atoms with Gasteiger partial charge in [-0.2, -0.15) is 5.10 Å². The van der Waals surface area contributed by atoms with Gasteiger partial charge in [0.15, 0.2) is 0 Å². The number of aromatic nitrogens is 2. The van der Waals surface area contributed by atoms with Crippen molar-refractivity contribution in [3.05, 3.63) is 16.4 Å². The van der Waals surface area contributed by atoms with Crippen molar-refractivity contribution < 1.29 is 9.53 Å². The quantitative estimate of drug-likeness (QED) is 0.783. The molecule has 5 heteroatoms. The van der Waals surface area contributed by atoms with E-state index in [-0.39, 0.29) is 5.97 Å². The van der Waals surface area contributed by atoms with Crippen molar-refractivity contribution in [3.63, 3.8) is 0 Å². The zero-order chi connectivity index (χ0) is 13.2. The molecular weight excluding hydrogens is 240 g/mol. The molecule has 4 nitrogen and oxygen atoms in total. The van der Waals surface area contributed by atoms with E-state index in [1.165, 1.54) is 0 Å². The van der Waals surface area contributed by atoms with Gasteiger partial charge in [0.05, 0.1) is 29.4 Å². The summed E-state index contributed by atoms with van der Waals surface area (Å²) in [6.45, 7) is 9.78. The molecule has 0 aliphatic rings. The largest absolute Gasteiger partial charge is 0.460 e. The summed E-state index contributed by atoms with van der Waals surface area (Å²) < 4.78 is 6.96. The second-order valence-corrected chi connectivity index (χ2v) is 5.42.